The third-order valence-corrected chi connectivity index (χ3v) is 5.03. The molecule has 2 N–H and O–H groups in total. The lowest BCUT2D eigenvalue weighted by Crippen LogP contribution is -2.31. The molecule has 3 rings (SSSR count). The first-order chi connectivity index (χ1) is 12.9. The van der Waals surface area contributed by atoms with E-state index in [-0.39, 0.29) is 23.6 Å². The van der Waals surface area contributed by atoms with Gasteiger partial charge in [-0.2, -0.15) is 5.10 Å². The molecule has 0 aliphatic heterocycles. The molecule has 0 fully saturated rings. The Hall–Kier alpha value is -3.14. The molecule has 0 saturated heterocycles. The fourth-order valence-electron chi connectivity index (χ4n) is 2.42. The maximum atomic E-state index is 13.6. The number of aromatic nitrogens is 2. The molecule has 142 valence electrons. The Kier molecular flexibility index (Phi) is 5.26. The van der Waals surface area contributed by atoms with Crippen molar-refractivity contribution >= 4 is 27.1 Å². The summed E-state index contributed by atoms with van der Waals surface area (Å²) in [6, 6.07) is 8.72. The van der Waals surface area contributed by atoms with Crippen LogP contribution in [0.5, 0.6) is 5.75 Å². The zero-order valence-electron chi connectivity index (χ0n) is 14.3. The van der Waals surface area contributed by atoms with Crippen LogP contribution in [-0.4, -0.2) is 43.3 Å². The zero-order chi connectivity index (χ0) is 19.4. The number of pyridine rings is 1. The molecular formula is C17H17FN4O4S. The molecule has 0 aliphatic carbocycles. The van der Waals surface area contributed by atoms with Crippen LogP contribution in [0.15, 0.2) is 48.8 Å². The molecule has 0 aliphatic rings. The molecule has 0 unspecified atom stereocenters. The Balaban J connectivity index is 1.56. The average molecular weight is 392 g/mol. The van der Waals surface area contributed by atoms with Gasteiger partial charge in [0, 0.05) is 24.5 Å². The molecule has 27 heavy (non-hydrogen) atoms. The predicted molar refractivity (Wildman–Crippen MR) is 97.9 cm³/mol. The van der Waals surface area contributed by atoms with Gasteiger partial charge in [-0.1, -0.05) is 0 Å². The van der Waals surface area contributed by atoms with E-state index in [1.54, 1.807) is 35.1 Å². The van der Waals surface area contributed by atoms with E-state index >= 15 is 0 Å². The van der Waals surface area contributed by atoms with Crippen LogP contribution in [0, 0.1) is 5.82 Å². The summed E-state index contributed by atoms with van der Waals surface area (Å²) in [6.45, 7) is -0.128. The lowest BCUT2D eigenvalue weighted by molar-refractivity contribution is 0.0955. The SMILES string of the molecule is COc1ccc(C(=O)NCCS(=O)(=O)Nc2ccn3nccc3c2)cc1F. The van der Waals surface area contributed by atoms with Gasteiger partial charge in [0.2, 0.25) is 10.0 Å². The highest BCUT2D eigenvalue weighted by atomic mass is 32.2. The third kappa shape index (κ3) is 4.53. The van der Waals surface area contributed by atoms with Crippen molar-refractivity contribution in [1.82, 2.24) is 14.9 Å². The average Bonchev–Trinajstić information content (AvgIpc) is 3.08. The van der Waals surface area contributed by atoms with Gasteiger partial charge in [0.25, 0.3) is 5.91 Å². The second-order valence-corrected chi connectivity index (χ2v) is 7.48. The lowest BCUT2D eigenvalue weighted by Gasteiger charge is -2.10. The maximum absolute atomic E-state index is 13.6. The number of fused-ring (bicyclic) bond motifs is 1. The van der Waals surface area contributed by atoms with Crippen LogP contribution in [0.1, 0.15) is 10.4 Å². The summed E-state index contributed by atoms with van der Waals surface area (Å²) in [5, 5.41) is 6.48. The standard InChI is InChI=1S/C17H17FN4O4S/c1-26-16-3-2-12(10-15(16)18)17(23)19-7-9-27(24,25)21-13-5-8-22-14(11-13)4-6-20-22/h2-6,8,10-11,21H,7,9H2,1H3,(H,19,23). The zero-order valence-corrected chi connectivity index (χ0v) is 15.2. The van der Waals surface area contributed by atoms with Gasteiger partial charge in [-0.3, -0.25) is 9.52 Å². The number of amides is 1. The van der Waals surface area contributed by atoms with Crippen molar-refractivity contribution in [3.63, 3.8) is 0 Å². The highest BCUT2D eigenvalue weighted by Gasteiger charge is 2.14. The molecule has 8 nitrogen and oxygen atoms in total. The summed E-state index contributed by atoms with van der Waals surface area (Å²) < 4.78 is 46.8. The van der Waals surface area contributed by atoms with Crippen molar-refractivity contribution in [1.29, 1.82) is 0 Å². The summed E-state index contributed by atoms with van der Waals surface area (Å²) in [4.78, 5) is 12.0. The van der Waals surface area contributed by atoms with Crippen molar-refractivity contribution < 1.29 is 22.3 Å². The van der Waals surface area contributed by atoms with Crippen LogP contribution >= 0.6 is 0 Å². The van der Waals surface area contributed by atoms with Crippen LogP contribution in [0.3, 0.4) is 0 Å². The van der Waals surface area contributed by atoms with Crippen molar-refractivity contribution in [3.8, 4) is 5.75 Å². The van der Waals surface area contributed by atoms with E-state index in [2.05, 4.69) is 15.1 Å². The van der Waals surface area contributed by atoms with Crippen molar-refractivity contribution in [3.05, 3.63) is 60.2 Å². The van der Waals surface area contributed by atoms with Gasteiger partial charge >= 0.3 is 0 Å². The highest BCUT2D eigenvalue weighted by molar-refractivity contribution is 7.92. The van der Waals surface area contributed by atoms with E-state index in [1.807, 2.05) is 0 Å². The monoisotopic (exact) mass is 392 g/mol. The minimum absolute atomic E-state index is 0.0217. The van der Waals surface area contributed by atoms with Crippen molar-refractivity contribution in [2.24, 2.45) is 0 Å². The maximum Gasteiger partial charge on any atom is 0.251 e. The molecule has 1 aromatic carbocycles. The van der Waals surface area contributed by atoms with E-state index in [0.29, 0.717) is 5.69 Å². The van der Waals surface area contributed by atoms with Crippen molar-refractivity contribution in [2.45, 2.75) is 0 Å². The summed E-state index contributed by atoms with van der Waals surface area (Å²) in [6.07, 6.45) is 3.23. The summed E-state index contributed by atoms with van der Waals surface area (Å²) in [7, 11) is -2.35. The van der Waals surface area contributed by atoms with E-state index in [4.69, 9.17) is 4.74 Å². The second kappa shape index (κ2) is 7.62. The van der Waals surface area contributed by atoms with Gasteiger partial charge in [0.05, 0.1) is 24.1 Å². The van der Waals surface area contributed by atoms with Gasteiger partial charge < -0.3 is 10.1 Å². The van der Waals surface area contributed by atoms with Crippen LogP contribution in [0.4, 0.5) is 10.1 Å². The van der Waals surface area contributed by atoms with Gasteiger partial charge in [-0.25, -0.2) is 17.3 Å². The first-order valence-corrected chi connectivity index (χ1v) is 9.59. The number of sulfonamides is 1. The summed E-state index contributed by atoms with van der Waals surface area (Å²) >= 11 is 0. The van der Waals surface area contributed by atoms with Crippen LogP contribution in [0.25, 0.3) is 5.52 Å². The van der Waals surface area contributed by atoms with Gasteiger partial charge in [0.15, 0.2) is 11.6 Å². The number of anilines is 1. The second-order valence-electron chi connectivity index (χ2n) is 5.64. The van der Waals surface area contributed by atoms with Gasteiger partial charge in [-0.05, 0) is 36.4 Å². The lowest BCUT2D eigenvalue weighted by atomic mass is 10.2. The number of rotatable bonds is 7. The molecule has 0 atom stereocenters. The number of halogens is 1. The van der Waals surface area contributed by atoms with Gasteiger partial charge in [-0.15, -0.1) is 0 Å². The Bertz CT molecular complexity index is 1080. The fourth-order valence-corrected chi connectivity index (χ4v) is 3.38. The fraction of sp³-hybridized carbons (Fsp3) is 0.176. The van der Waals surface area contributed by atoms with E-state index in [1.165, 1.54) is 19.2 Å². The molecule has 2 aromatic heterocycles. The van der Waals surface area contributed by atoms with Gasteiger partial charge in [0.1, 0.15) is 0 Å². The summed E-state index contributed by atoms with van der Waals surface area (Å²) in [5.41, 5.74) is 1.21. The number of hydrogen-bond acceptors (Lipinski definition) is 5. The molecule has 0 saturated carbocycles. The number of carbonyl (C=O) groups is 1. The quantitative estimate of drug-likeness (QED) is 0.637. The Morgan fingerprint density at radius 3 is 2.81 bits per heavy atom. The number of nitrogens with zero attached hydrogens (tertiary/aromatic N) is 2. The molecular weight excluding hydrogens is 375 g/mol. The predicted octanol–water partition coefficient (Wildman–Crippen LogP) is 1.65. The molecule has 0 spiro atoms. The van der Waals surface area contributed by atoms with Crippen LogP contribution in [0.2, 0.25) is 0 Å². The topological polar surface area (TPSA) is 102 Å². The smallest absolute Gasteiger partial charge is 0.251 e. The summed E-state index contributed by atoms with van der Waals surface area (Å²) in [5.74, 6) is -1.56. The first-order valence-electron chi connectivity index (χ1n) is 7.93. The number of methoxy groups -OCH3 is 1. The Morgan fingerprint density at radius 2 is 2.07 bits per heavy atom. The highest BCUT2D eigenvalue weighted by Crippen LogP contribution is 2.17. The number of benzene rings is 1. The number of ether oxygens (including phenoxy) is 1. The molecule has 3 aromatic rings. The number of carbonyl (C=O) groups excluding carboxylic acids is 1. The van der Waals surface area contributed by atoms with E-state index in [9.17, 15) is 17.6 Å². The van der Waals surface area contributed by atoms with E-state index in [0.717, 1.165) is 11.6 Å². The molecule has 10 heteroatoms. The largest absolute Gasteiger partial charge is 0.494 e. The van der Waals surface area contributed by atoms with Crippen LogP contribution in [-0.2, 0) is 10.0 Å². The number of hydrogen-bond donors (Lipinski definition) is 2. The molecule has 0 bridgehead atoms. The molecule has 1 amide bonds. The first kappa shape index (κ1) is 18.6. The van der Waals surface area contributed by atoms with Crippen molar-refractivity contribution in [2.75, 3.05) is 24.1 Å². The molecule has 0 radical (unpaired) electrons. The Labute approximate surface area is 155 Å². The van der Waals surface area contributed by atoms with Crippen LogP contribution < -0.4 is 14.8 Å². The third-order valence-electron chi connectivity index (χ3n) is 3.74. The normalized spacial score (nSPS) is 11.3. The number of nitrogens with one attached hydrogen (secondary N) is 2. The minimum Gasteiger partial charge on any atom is -0.494 e. The van der Waals surface area contributed by atoms with E-state index < -0.39 is 21.7 Å². The minimum atomic E-state index is -3.67. The molecule has 2 heterocycles. The Morgan fingerprint density at radius 1 is 1.26 bits per heavy atom.